The maximum Gasteiger partial charge on any atom is 0.132 e. The number of aliphatic hydroxyl groups is 2. The highest BCUT2D eigenvalue weighted by atomic mass is 16.3. The van der Waals surface area contributed by atoms with Gasteiger partial charge >= 0.3 is 0 Å². The largest absolute Gasteiger partial charge is 0.394 e. The third kappa shape index (κ3) is 2.54. The van der Waals surface area contributed by atoms with Crippen molar-refractivity contribution in [2.45, 2.75) is 19.6 Å². The topological polar surface area (TPSA) is 65.4 Å². The SMILES string of the molecule is CC(CO)Nc1nc2ccccc2cc1CO. The average molecular weight is 232 g/mol. The molecular weight excluding hydrogens is 216 g/mol. The van der Waals surface area contributed by atoms with E-state index in [1.54, 1.807) is 0 Å². The van der Waals surface area contributed by atoms with Crippen molar-refractivity contribution in [3.63, 3.8) is 0 Å². The molecule has 3 N–H and O–H groups in total. The van der Waals surface area contributed by atoms with Crippen molar-refractivity contribution < 1.29 is 10.2 Å². The maximum atomic E-state index is 9.32. The van der Waals surface area contributed by atoms with Crippen molar-refractivity contribution in [2.75, 3.05) is 11.9 Å². The van der Waals surface area contributed by atoms with E-state index < -0.39 is 0 Å². The summed E-state index contributed by atoms with van der Waals surface area (Å²) in [6.07, 6.45) is 0. The predicted octanol–water partition coefficient (Wildman–Crippen LogP) is 1.52. The second kappa shape index (κ2) is 5.12. The van der Waals surface area contributed by atoms with E-state index in [0.717, 1.165) is 16.5 Å². The second-order valence-electron chi connectivity index (χ2n) is 4.07. The van der Waals surface area contributed by atoms with Gasteiger partial charge in [-0.25, -0.2) is 4.98 Å². The smallest absolute Gasteiger partial charge is 0.132 e. The first-order chi connectivity index (χ1) is 8.24. The van der Waals surface area contributed by atoms with E-state index in [1.165, 1.54) is 0 Å². The van der Waals surface area contributed by atoms with Gasteiger partial charge in [-0.2, -0.15) is 0 Å². The molecule has 0 aliphatic carbocycles. The Morgan fingerprint density at radius 1 is 1.29 bits per heavy atom. The number of fused-ring (bicyclic) bond motifs is 1. The van der Waals surface area contributed by atoms with Gasteiger partial charge in [0.15, 0.2) is 0 Å². The van der Waals surface area contributed by atoms with E-state index >= 15 is 0 Å². The van der Waals surface area contributed by atoms with Crippen LogP contribution in [0.25, 0.3) is 10.9 Å². The molecule has 4 nitrogen and oxygen atoms in total. The van der Waals surface area contributed by atoms with Gasteiger partial charge in [0, 0.05) is 17.0 Å². The molecule has 1 unspecified atom stereocenters. The number of nitrogens with one attached hydrogen (secondary N) is 1. The minimum absolute atomic E-state index is 0.0272. The molecule has 1 heterocycles. The summed E-state index contributed by atoms with van der Waals surface area (Å²) in [7, 11) is 0. The molecule has 90 valence electrons. The van der Waals surface area contributed by atoms with E-state index in [9.17, 15) is 5.11 Å². The van der Waals surface area contributed by atoms with Crippen LogP contribution in [0.5, 0.6) is 0 Å². The molecule has 0 spiro atoms. The molecule has 0 fully saturated rings. The van der Waals surface area contributed by atoms with Crippen molar-refractivity contribution >= 4 is 16.7 Å². The molecule has 1 aromatic heterocycles. The molecule has 2 rings (SSSR count). The molecule has 17 heavy (non-hydrogen) atoms. The molecule has 0 amide bonds. The fourth-order valence-electron chi connectivity index (χ4n) is 1.68. The van der Waals surface area contributed by atoms with Gasteiger partial charge in [-0.3, -0.25) is 0 Å². The summed E-state index contributed by atoms with van der Waals surface area (Å²) in [6, 6.07) is 9.57. The molecule has 0 saturated carbocycles. The third-order valence-electron chi connectivity index (χ3n) is 2.63. The van der Waals surface area contributed by atoms with Crippen LogP contribution in [0.2, 0.25) is 0 Å². The zero-order chi connectivity index (χ0) is 12.3. The van der Waals surface area contributed by atoms with Crippen LogP contribution >= 0.6 is 0 Å². The number of pyridine rings is 1. The number of benzene rings is 1. The van der Waals surface area contributed by atoms with Crippen molar-refractivity contribution in [2.24, 2.45) is 0 Å². The molecule has 1 aromatic carbocycles. The Balaban J connectivity index is 2.45. The van der Waals surface area contributed by atoms with E-state index in [2.05, 4.69) is 10.3 Å². The van der Waals surface area contributed by atoms with E-state index in [0.29, 0.717) is 5.82 Å². The van der Waals surface area contributed by atoms with Crippen LogP contribution in [0.3, 0.4) is 0 Å². The number of hydrogen-bond acceptors (Lipinski definition) is 4. The van der Waals surface area contributed by atoms with Crippen molar-refractivity contribution in [1.82, 2.24) is 4.98 Å². The summed E-state index contributed by atoms with van der Waals surface area (Å²) in [5.41, 5.74) is 1.61. The Hall–Kier alpha value is -1.65. The average Bonchev–Trinajstić information content (AvgIpc) is 2.37. The van der Waals surface area contributed by atoms with Crippen molar-refractivity contribution in [1.29, 1.82) is 0 Å². The number of rotatable bonds is 4. The predicted molar refractivity (Wildman–Crippen MR) is 67.8 cm³/mol. The Bertz CT molecular complexity index is 514. The van der Waals surface area contributed by atoms with Crippen LogP contribution < -0.4 is 5.32 Å². The van der Waals surface area contributed by atoms with Gasteiger partial charge in [0.05, 0.1) is 18.7 Å². The first-order valence-corrected chi connectivity index (χ1v) is 5.61. The van der Waals surface area contributed by atoms with Gasteiger partial charge in [0.2, 0.25) is 0 Å². The van der Waals surface area contributed by atoms with Crippen LogP contribution in [0.1, 0.15) is 12.5 Å². The minimum Gasteiger partial charge on any atom is -0.394 e. The van der Waals surface area contributed by atoms with Crippen LogP contribution in [-0.2, 0) is 6.61 Å². The fraction of sp³-hybridized carbons (Fsp3) is 0.308. The molecule has 0 aliphatic heterocycles. The van der Waals surface area contributed by atoms with Gasteiger partial charge in [-0.1, -0.05) is 18.2 Å². The van der Waals surface area contributed by atoms with Crippen LogP contribution in [0, 0.1) is 0 Å². The third-order valence-corrected chi connectivity index (χ3v) is 2.63. The van der Waals surface area contributed by atoms with E-state index in [-0.39, 0.29) is 19.3 Å². The van der Waals surface area contributed by atoms with Crippen LogP contribution in [0.4, 0.5) is 5.82 Å². The number of nitrogens with zero attached hydrogens (tertiary/aromatic N) is 1. The number of aromatic nitrogens is 1. The first kappa shape index (κ1) is 11.8. The molecule has 0 bridgehead atoms. The number of anilines is 1. The van der Waals surface area contributed by atoms with Gasteiger partial charge in [0.1, 0.15) is 5.82 Å². The van der Waals surface area contributed by atoms with Crippen LogP contribution in [-0.4, -0.2) is 27.8 Å². The van der Waals surface area contributed by atoms with E-state index in [4.69, 9.17) is 5.11 Å². The summed E-state index contributed by atoms with van der Waals surface area (Å²) in [6.45, 7) is 1.82. The van der Waals surface area contributed by atoms with Crippen molar-refractivity contribution in [3.8, 4) is 0 Å². The Labute approximate surface area is 99.9 Å². The lowest BCUT2D eigenvalue weighted by atomic mass is 10.1. The summed E-state index contributed by atoms with van der Waals surface area (Å²) in [5.74, 6) is 0.632. The molecule has 2 aromatic rings. The lowest BCUT2D eigenvalue weighted by Gasteiger charge is -2.15. The van der Waals surface area contributed by atoms with E-state index in [1.807, 2.05) is 37.3 Å². The zero-order valence-corrected chi connectivity index (χ0v) is 9.72. The highest BCUT2D eigenvalue weighted by Crippen LogP contribution is 2.20. The summed E-state index contributed by atoms with van der Waals surface area (Å²) < 4.78 is 0. The molecule has 4 heteroatoms. The quantitative estimate of drug-likeness (QED) is 0.747. The summed E-state index contributed by atoms with van der Waals surface area (Å²) in [4.78, 5) is 4.45. The molecule has 0 aliphatic rings. The summed E-state index contributed by atoms with van der Waals surface area (Å²) >= 11 is 0. The highest BCUT2D eigenvalue weighted by molar-refractivity contribution is 5.81. The number of hydrogen-bond donors (Lipinski definition) is 3. The molecule has 0 saturated heterocycles. The van der Waals surface area contributed by atoms with Gasteiger partial charge in [0.25, 0.3) is 0 Å². The molecule has 0 radical (unpaired) electrons. The molecule has 1 atom stereocenters. The monoisotopic (exact) mass is 232 g/mol. The number of aliphatic hydroxyl groups excluding tert-OH is 2. The van der Waals surface area contributed by atoms with Crippen LogP contribution in [0.15, 0.2) is 30.3 Å². The normalized spacial score (nSPS) is 12.6. The van der Waals surface area contributed by atoms with Crippen molar-refractivity contribution in [3.05, 3.63) is 35.9 Å². The Kier molecular flexibility index (Phi) is 3.56. The fourth-order valence-corrected chi connectivity index (χ4v) is 1.68. The zero-order valence-electron chi connectivity index (χ0n) is 9.72. The van der Waals surface area contributed by atoms with Gasteiger partial charge in [-0.05, 0) is 19.1 Å². The minimum atomic E-state index is -0.0889. The lowest BCUT2D eigenvalue weighted by molar-refractivity contribution is 0.277. The van der Waals surface area contributed by atoms with Gasteiger partial charge < -0.3 is 15.5 Å². The molecular formula is C13H16N2O2. The second-order valence-corrected chi connectivity index (χ2v) is 4.07. The maximum absolute atomic E-state index is 9.32. The highest BCUT2D eigenvalue weighted by Gasteiger charge is 2.08. The Morgan fingerprint density at radius 2 is 2.06 bits per heavy atom. The number of para-hydroxylation sites is 1. The summed E-state index contributed by atoms with van der Waals surface area (Å²) in [5, 5.41) is 22.4. The van der Waals surface area contributed by atoms with Gasteiger partial charge in [-0.15, -0.1) is 0 Å². The Morgan fingerprint density at radius 3 is 2.76 bits per heavy atom. The standard InChI is InChI=1S/C13H16N2O2/c1-9(7-16)14-13-11(8-17)6-10-4-2-3-5-12(10)15-13/h2-6,9,16-17H,7-8H2,1H3,(H,14,15). The lowest BCUT2D eigenvalue weighted by Crippen LogP contribution is -2.21. The first-order valence-electron chi connectivity index (χ1n) is 5.61.